The number of benzene rings is 1. The number of para-hydroxylation sites is 1. The van der Waals surface area contributed by atoms with Gasteiger partial charge in [-0.3, -0.25) is 4.79 Å². The quantitative estimate of drug-likeness (QED) is 0.558. The largest absolute Gasteiger partial charge is 0.493 e. The summed E-state index contributed by atoms with van der Waals surface area (Å²) in [5.41, 5.74) is 1.35. The van der Waals surface area contributed by atoms with Gasteiger partial charge in [0.25, 0.3) is 5.91 Å². The number of halogens is 1. The SMILES string of the molecule is Cc1cccc2c(N=NC(=O)C34CC5CC(C3)CC(n3cnc(Cl)n3)(C5)C4)c(O)[nH]c12. The highest BCUT2D eigenvalue weighted by Crippen LogP contribution is 2.64. The number of rotatable bonds is 3. The van der Waals surface area contributed by atoms with Gasteiger partial charge in [-0.25, -0.2) is 9.67 Å². The van der Waals surface area contributed by atoms with E-state index >= 15 is 0 Å². The summed E-state index contributed by atoms with van der Waals surface area (Å²) in [7, 11) is 0. The predicted octanol–water partition coefficient (Wildman–Crippen LogP) is 5.03. The van der Waals surface area contributed by atoms with E-state index in [1.807, 2.05) is 29.8 Å². The molecule has 4 fully saturated rings. The number of azo groups is 1. The van der Waals surface area contributed by atoms with Crippen LogP contribution in [-0.4, -0.2) is 30.8 Å². The number of hydrogen-bond acceptors (Lipinski definition) is 5. The van der Waals surface area contributed by atoms with Gasteiger partial charge in [-0.05, 0) is 74.4 Å². The van der Waals surface area contributed by atoms with Gasteiger partial charge in [0.2, 0.25) is 11.2 Å². The van der Waals surface area contributed by atoms with Gasteiger partial charge in [-0.2, -0.15) is 0 Å². The summed E-state index contributed by atoms with van der Waals surface area (Å²) in [6.45, 7) is 1.95. The van der Waals surface area contributed by atoms with Crippen LogP contribution in [0.3, 0.4) is 0 Å². The third-order valence-electron chi connectivity index (χ3n) is 7.67. The molecular weight excluding hydrogens is 416 g/mol. The number of hydrogen-bond donors (Lipinski definition) is 2. The van der Waals surface area contributed by atoms with Gasteiger partial charge in [0.05, 0.1) is 16.5 Å². The number of fused-ring (bicyclic) bond motifs is 1. The van der Waals surface area contributed by atoms with Gasteiger partial charge in [0, 0.05) is 5.39 Å². The Morgan fingerprint density at radius 3 is 2.77 bits per heavy atom. The third-order valence-corrected chi connectivity index (χ3v) is 7.84. The molecule has 0 saturated heterocycles. The van der Waals surface area contributed by atoms with Crippen LogP contribution >= 0.6 is 11.6 Å². The lowest BCUT2D eigenvalue weighted by molar-refractivity contribution is -0.153. The zero-order valence-electron chi connectivity index (χ0n) is 17.2. The molecule has 160 valence electrons. The molecule has 1 aromatic carbocycles. The van der Waals surface area contributed by atoms with E-state index in [0.717, 1.165) is 48.6 Å². The molecule has 4 aliphatic rings. The number of aromatic amines is 1. The van der Waals surface area contributed by atoms with Crippen LogP contribution in [0.25, 0.3) is 10.9 Å². The van der Waals surface area contributed by atoms with Crippen molar-refractivity contribution < 1.29 is 9.90 Å². The number of carbonyl (C=O) groups is 1. The molecule has 2 N–H and O–H groups in total. The summed E-state index contributed by atoms with van der Waals surface area (Å²) in [5, 5.41) is 24.1. The van der Waals surface area contributed by atoms with Crippen molar-refractivity contribution in [1.29, 1.82) is 0 Å². The van der Waals surface area contributed by atoms with Crippen molar-refractivity contribution in [3.05, 3.63) is 35.4 Å². The second-order valence-corrected chi connectivity index (χ2v) is 10.1. The molecule has 0 spiro atoms. The fourth-order valence-electron chi connectivity index (χ4n) is 6.84. The van der Waals surface area contributed by atoms with Gasteiger partial charge in [0.15, 0.2) is 5.69 Å². The molecule has 2 heterocycles. The zero-order chi connectivity index (χ0) is 21.4. The number of aromatic nitrogens is 4. The first-order valence-electron chi connectivity index (χ1n) is 10.7. The van der Waals surface area contributed by atoms with E-state index in [4.69, 9.17) is 11.6 Å². The fraction of sp³-hybridized carbons (Fsp3) is 0.500. The predicted molar refractivity (Wildman–Crippen MR) is 114 cm³/mol. The van der Waals surface area contributed by atoms with Crippen molar-refractivity contribution in [3.8, 4) is 5.88 Å². The summed E-state index contributed by atoms with van der Waals surface area (Å²) >= 11 is 6.01. The first-order valence-corrected chi connectivity index (χ1v) is 11.1. The summed E-state index contributed by atoms with van der Waals surface area (Å²) in [4.78, 5) is 20.5. The zero-order valence-corrected chi connectivity index (χ0v) is 17.9. The smallest absolute Gasteiger partial charge is 0.270 e. The Balaban J connectivity index is 1.35. The average Bonchev–Trinajstić information content (AvgIpc) is 3.29. The molecule has 31 heavy (non-hydrogen) atoms. The maximum Gasteiger partial charge on any atom is 0.270 e. The van der Waals surface area contributed by atoms with Crippen molar-refractivity contribution >= 4 is 34.1 Å². The minimum absolute atomic E-state index is 0.0694. The molecule has 7 rings (SSSR count). The van der Waals surface area contributed by atoms with Crippen LogP contribution in [0, 0.1) is 24.2 Å². The molecule has 0 radical (unpaired) electrons. The van der Waals surface area contributed by atoms with E-state index in [0.29, 0.717) is 23.9 Å². The second-order valence-electron chi connectivity index (χ2n) is 9.75. The van der Waals surface area contributed by atoms with Gasteiger partial charge in [-0.1, -0.05) is 18.2 Å². The lowest BCUT2D eigenvalue weighted by Gasteiger charge is -2.60. The third kappa shape index (κ3) is 2.77. The van der Waals surface area contributed by atoms with E-state index in [2.05, 4.69) is 25.3 Å². The number of nitrogens with zero attached hydrogens (tertiary/aromatic N) is 5. The Morgan fingerprint density at radius 1 is 1.29 bits per heavy atom. The minimum Gasteiger partial charge on any atom is -0.493 e. The molecular formula is C22H23ClN6O2. The minimum atomic E-state index is -0.538. The van der Waals surface area contributed by atoms with E-state index < -0.39 is 5.41 Å². The van der Waals surface area contributed by atoms with E-state index in [1.54, 1.807) is 6.33 Å². The molecule has 4 bridgehead atoms. The Bertz CT molecular complexity index is 1230. The maximum absolute atomic E-state index is 13.5. The Labute approximate surface area is 183 Å². The van der Waals surface area contributed by atoms with E-state index in [-0.39, 0.29) is 22.6 Å². The summed E-state index contributed by atoms with van der Waals surface area (Å²) < 4.78 is 1.89. The molecule has 4 saturated carbocycles. The average molecular weight is 439 g/mol. The molecule has 2 unspecified atom stereocenters. The van der Waals surface area contributed by atoms with Gasteiger partial charge >= 0.3 is 0 Å². The topological polar surface area (TPSA) is 109 Å². The summed E-state index contributed by atoms with van der Waals surface area (Å²) in [6.07, 6.45) is 7.20. The highest BCUT2D eigenvalue weighted by Gasteiger charge is 2.62. The first kappa shape index (κ1) is 19.0. The number of H-pyrrole nitrogens is 1. The van der Waals surface area contributed by atoms with Crippen LogP contribution in [0.15, 0.2) is 34.8 Å². The monoisotopic (exact) mass is 438 g/mol. The molecule has 8 nitrogen and oxygen atoms in total. The van der Waals surface area contributed by atoms with Crippen LogP contribution < -0.4 is 0 Å². The van der Waals surface area contributed by atoms with Gasteiger partial charge in [-0.15, -0.1) is 15.3 Å². The van der Waals surface area contributed by atoms with Crippen molar-refractivity contribution in [2.24, 2.45) is 27.5 Å². The molecule has 4 aliphatic carbocycles. The maximum atomic E-state index is 13.5. The summed E-state index contributed by atoms with van der Waals surface area (Å²) in [6, 6.07) is 5.72. The lowest BCUT2D eigenvalue weighted by Crippen LogP contribution is -2.58. The van der Waals surface area contributed by atoms with Crippen molar-refractivity contribution in [2.75, 3.05) is 0 Å². The van der Waals surface area contributed by atoms with E-state index in [1.165, 1.54) is 0 Å². The van der Waals surface area contributed by atoms with Crippen molar-refractivity contribution in [1.82, 2.24) is 19.7 Å². The second kappa shape index (κ2) is 6.38. The van der Waals surface area contributed by atoms with Crippen LogP contribution in [0.2, 0.25) is 5.28 Å². The number of nitrogens with one attached hydrogen (secondary N) is 1. The van der Waals surface area contributed by atoms with Gasteiger partial charge in [0.1, 0.15) is 6.33 Å². The number of aryl methyl sites for hydroxylation is 1. The molecule has 0 aliphatic heterocycles. The molecule has 9 heteroatoms. The number of carbonyl (C=O) groups excluding carboxylic acids is 1. The van der Waals surface area contributed by atoms with Crippen LogP contribution in [-0.2, 0) is 10.3 Å². The molecule has 3 aromatic rings. The standard InChI is InChI=1S/C22H23ClN6O2/c1-12-3-2-4-15-16(12)25-18(30)17(15)26-27-19(31)21-6-13-5-14(7-21)9-22(8-13,10-21)29-11-24-20(23)28-29/h2-4,11,13-14,25,30H,5-10H2,1H3. The molecule has 2 atom stereocenters. The Kier molecular flexibility index (Phi) is 3.91. The highest BCUT2D eigenvalue weighted by molar-refractivity contribution is 6.28. The van der Waals surface area contributed by atoms with E-state index in [9.17, 15) is 9.90 Å². The normalized spacial score (nSPS) is 31.8. The summed E-state index contributed by atoms with van der Waals surface area (Å²) in [5.74, 6) is 0.665. The molecule has 2 aromatic heterocycles. The number of aromatic hydroxyl groups is 1. The van der Waals surface area contributed by atoms with Crippen LogP contribution in [0.5, 0.6) is 5.88 Å². The lowest BCUT2D eigenvalue weighted by atomic mass is 9.46. The molecule has 1 amide bonds. The first-order chi connectivity index (χ1) is 14.9. The van der Waals surface area contributed by atoms with Gasteiger partial charge < -0.3 is 10.1 Å². The fourth-order valence-corrected chi connectivity index (χ4v) is 6.97. The Hall–Kier alpha value is -2.74. The van der Waals surface area contributed by atoms with Crippen LogP contribution in [0.4, 0.5) is 5.69 Å². The highest BCUT2D eigenvalue weighted by atomic mass is 35.5. The Morgan fingerprint density at radius 2 is 2.06 bits per heavy atom. The van der Waals surface area contributed by atoms with Crippen molar-refractivity contribution in [2.45, 2.75) is 51.0 Å². The van der Waals surface area contributed by atoms with Crippen molar-refractivity contribution in [3.63, 3.8) is 0 Å². The number of amides is 1. The van der Waals surface area contributed by atoms with Crippen LogP contribution in [0.1, 0.15) is 44.1 Å².